The van der Waals surface area contributed by atoms with Crippen LogP contribution in [0.25, 0.3) is 0 Å². The molecule has 0 aromatic heterocycles. The number of hydrogen-bond donors (Lipinski definition) is 0. The second-order valence-corrected chi connectivity index (χ2v) is 17.1. The number of allylic oxidation sites excluding steroid dienone is 4. The van der Waals surface area contributed by atoms with Crippen LogP contribution in [0.5, 0.6) is 0 Å². The van der Waals surface area contributed by atoms with Crippen molar-refractivity contribution >= 4 is 11.6 Å². The summed E-state index contributed by atoms with van der Waals surface area (Å²) in [6, 6.07) is 0. The molecule has 3 heteroatoms. The maximum atomic E-state index is 13.1. The van der Waals surface area contributed by atoms with Crippen LogP contribution in [-0.4, -0.2) is 23.3 Å². The van der Waals surface area contributed by atoms with Gasteiger partial charge in [-0.2, -0.15) is 0 Å². The summed E-state index contributed by atoms with van der Waals surface area (Å²) in [4.78, 5) is 26.0. The monoisotopic (exact) mass is 532 g/mol. The van der Waals surface area contributed by atoms with E-state index in [4.69, 9.17) is 4.74 Å². The van der Waals surface area contributed by atoms with E-state index in [1.165, 1.54) is 70.3 Å². The van der Waals surface area contributed by atoms with Gasteiger partial charge in [-0.3, -0.25) is 9.59 Å². The molecule has 1 aliphatic heterocycles. The highest BCUT2D eigenvalue weighted by atomic mass is 16.5. The van der Waals surface area contributed by atoms with Crippen molar-refractivity contribution in [1.29, 1.82) is 0 Å². The van der Waals surface area contributed by atoms with Crippen LogP contribution in [0.1, 0.15) is 126 Å². The normalized spacial score (nSPS) is 54.1. The Balaban J connectivity index is 1.21. The van der Waals surface area contributed by atoms with Gasteiger partial charge in [-0.15, -0.1) is 0 Å². The summed E-state index contributed by atoms with van der Waals surface area (Å²) < 4.78 is 7.37. The minimum absolute atomic E-state index is 0.0218. The fourth-order valence-electron chi connectivity index (χ4n) is 13.1. The zero-order valence-electron chi connectivity index (χ0n) is 25.8. The summed E-state index contributed by atoms with van der Waals surface area (Å²) in [5.74, 6) is 2.64. The molecule has 6 aliphatic carbocycles. The number of carbonyl (C=O) groups is 2. The Bertz CT molecular complexity index is 1190. The van der Waals surface area contributed by atoms with E-state index >= 15 is 0 Å². The zero-order valence-corrected chi connectivity index (χ0v) is 25.8. The second kappa shape index (κ2) is 7.99. The minimum atomic E-state index is -0.142. The average Bonchev–Trinajstić information content (AvgIpc) is 3.43. The lowest BCUT2D eigenvalue weighted by atomic mass is 9.48. The van der Waals surface area contributed by atoms with Crippen LogP contribution in [0.15, 0.2) is 23.3 Å². The minimum Gasteiger partial charge on any atom is -0.371 e. The van der Waals surface area contributed by atoms with E-state index in [0.717, 1.165) is 24.0 Å². The Labute approximate surface area is 237 Å². The number of carbonyl (C=O) groups excluding carboxylic acids is 2. The Morgan fingerprint density at radius 2 is 1.38 bits per heavy atom. The lowest BCUT2D eigenvalue weighted by Gasteiger charge is -2.56. The topological polar surface area (TPSA) is 43.4 Å². The van der Waals surface area contributed by atoms with E-state index < -0.39 is 0 Å². The van der Waals surface area contributed by atoms with E-state index in [1.54, 1.807) is 6.08 Å². The molecule has 5 unspecified atom stereocenters. The zero-order chi connectivity index (χ0) is 27.8. The first-order valence-electron chi connectivity index (χ1n) is 16.4. The summed E-state index contributed by atoms with van der Waals surface area (Å²) in [6.07, 6.45) is 18.0. The Kier molecular flexibility index (Phi) is 5.46. The molecule has 0 aromatic rings. The van der Waals surface area contributed by atoms with Gasteiger partial charge in [0.05, 0.1) is 11.7 Å². The van der Waals surface area contributed by atoms with E-state index in [9.17, 15) is 9.59 Å². The number of hydrogen-bond acceptors (Lipinski definition) is 3. The Morgan fingerprint density at radius 3 is 2.15 bits per heavy atom. The largest absolute Gasteiger partial charge is 0.371 e. The molecular weight excluding hydrogens is 480 g/mol. The number of ether oxygens (including phenoxy) is 1. The highest BCUT2D eigenvalue weighted by Gasteiger charge is 2.69. The molecule has 1 heterocycles. The summed E-state index contributed by atoms with van der Waals surface area (Å²) in [7, 11) is 0. The molecule has 0 radical (unpaired) electrons. The van der Waals surface area contributed by atoms with Crippen LogP contribution < -0.4 is 0 Å². The lowest BCUT2D eigenvalue weighted by molar-refractivity contribution is -0.179. The van der Waals surface area contributed by atoms with E-state index in [-0.39, 0.29) is 38.8 Å². The maximum Gasteiger partial charge on any atom is 0.182 e. The van der Waals surface area contributed by atoms with Gasteiger partial charge < -0.3 is 4.74 Å². The van der Waals surface area contributed by atoms with Crippen LogP contribution in [0.4, 0.5) is 0 Å². The van der Waals surface area contributed by atoms with Gasteiger partial charge in [-0.05, 0) is 135 Å². The fourth-order valence-corrected chi connectivity index (χ4v) is 13.1. The Morgan fingerprint density at radius 1 is 0.692 bits per heavy atom. The third-order valence-corrected chi connectivity index (χ3v) is 15.4. The summed E-state index contributed by atoms with van der Waals surface area (Å²) in [5, 5.41) is 0. The molecule has 214 valence electrons. The molecule has 10 atom stereocenters. The lowest BCUT2D eigenvalue weighted by Crippen LogP contribution is -2.52. The molecule has 7 rings (SSSR count). The predicted molar refractivity (Wildman–Crippen MR) is 155 cm³/mol. The first-order chi connectivity index (χ1) is 18.2. The molecule has 0 N–H and O–H groups in total. The molecule has 0 amide bonds. The van der Waals surface area contributed by atoms with Gasteiger partial charge in [0.25, 0.3) is 0 Å². The quantitative estimate of drug-likeness (QED) is 0.318. The van der Waals surface area contributed by atoms with Crippen molar-refractivity contribution in [3.8, 4) is 0 Å². The Hall–Kier alpha value is -1.22. The molecule has 39 heavy (non-hydrogen) atoms. The van der Waals surface area contributed by atoms with Crippen molar-refractivity contribution in [2.24, 2.45) is 50.7 Å². The van der Waals surface area contributed by atoms with E-state index in [1.807, 2.05) is 0 Å². The average molecular weight is 533 g/mol. The standard InChI is InChI=1S/C36H52O3/c1-31(2)15-8-16-36(7)27(31)13-19-35(6)29(39-36)14-20-34(35,5)24-12-17-32(3)23(24)11-18-33(4)28(32)21-22-25(37)9-10-26(38)30(22)33/h9-10,23-24,27-29H,8,11-21H2,1-7H3/t23?,24?,27?,28?,29?,32-,33+,34-,35-,36+/m1/s1. The molecule has 4 saturated carbocycles. The van der Waals surface area contributed by atoms with Crippen molar-refractivity contribution in [2.45, 2.75) is 137 Å². The highest BCUT2D eigenvalue weighted by molar-refractivity contribution is 6.21. The van der Waals surface area contributed by atoms with Crippen molar-refractivity contribution in [3.05, 3.63) is 23.3 Å². The molecular formula is C36H52O3. The third-order valence-electron chi connectivity index (χ3n) is 15.4. The van der Waals surface area contributed by atoms with Gasteiger partial charge in [0.15, 0.2) is 11.6 Å². The molecule has 0 spiro atoms. The molecule has 7 aliphatic rings. The van der Waals surface area contributed by atoms with Crippen molar-refractivity contribution in [3.63, 3.8) is 0 Å². The summed E-state index contributed by atoms with van der Waals surface area (Å²) >= 11 is 0. The highest BCUT2D eigenvalue weighted by Crippen LogP contribution is 2.75. The molecule has 5 fully saturated rings. The smallest absolute Gasteiger partial charge is 0.182 e. The van der Waals surface area contributed by atoms with Crippen molar-refractivity contribution in [2.75, 3.05) is 0 Å². The van der Waals surface area contributed by atoms with Crippen LogP contribution in [0, 0.1) is 50.7 Å². The number of fused-ring (bicyclic) bond motifs is 6. The van der Waals surface area contributed by atoms with Gasteiger partial charge in [0.2, 0.25) is 0 Å². The molecule has 0 bridgehead atoms. The van der Waals surface area contributed by atoms with Crippen LogP contribution in [-0.2, 0) is 14.3 Å². The molecule has 1 saturated heterocycles. The van der Waals surface area contributed by atoms with Gasteiger partial charge in [0.1, 0.15) is 0 Å². The number of rotatable bonds is 1. The summed E-state index contributed by atoms with van der Waals surface area (Å²) in [5.41, 5.74) is 2.67. The summed E-state index contributed by atoms with van der Waals surface area (Å²) in [6.45, 7) is 17.6. The predicted octanol–water partition coefficient (Wildman–Crippen LogP) is 8.41. The first-order valence-corrected chi connectivity index (χ1v) is 16.4. The van der Waals surface area contributed by atoms with Gasteiger partial charge in [-0.1, -0.05) is 48.0 Å². The van der Waals surface area contributed by atoms with Gasteiger partial charge in [0, 0.05) is 16.6 Å². The van der Waals surface area contributed by atoms with E-state index in [0.29, 0.717) is 35.2 Å². The number of ketones is 2. The first kappa shape index (κ1) is 26.7. The van der Waals surface area contributed by atoms with Gasteiger partial charge in [-0.25, -0.2) is 0 Å². The van der Waals surface area contributed by atoms with E-state index in [2.05, 4.69) is 48.5 Å². The fraction of sp³-hybridized carbons (Fsp3) is 0.833. The van der Waals surface area contributed by atoms with Crippen molar-refractivity contribution in [1.82, 2.24) is 0 Å². The third kappa shape index (κ3) is 3.21. The molecule has 0 aromatic carbocycles. The van der Waals surface area contributed by atoms with Crippen LogP contribution in [0.3, 0.4) is 0 Å². The van der Waals surface area contributed by atoms with Crippen molar-refractivity contribution < 1.29 is 14.3 Å². The maximum absolute atomic E-state index is 13.1. The van der Waals surface area contributed by atoms with Gasteiger partial charge >= 0.3 is 0 Å². The SMILES string of the molecule is CC1(C)CCC[C@]2(C)OC3CC[C@](C)(C4CC[C@]5(C)C4CC[C@]4(C)C6=C(CC54)C(=O)C=CC6=O)[C@]3(C)CCC12. The van der Waals surface area contributed by atoms with Crippen LogP contribution in [0.2, 0.25) is 0 Å². The van der Waals surface area contributed by atoms with Crippen LogP contribution >= 0.6 is 0 Å². The molecule has 3 nitrogen and oxygen atoms in total. The second-order valence-electron chi connectivity index (χ2n) is 17.1.